The lowest BCUT2D eigenvalue weighted by Gasteiger charge is -2.25. The van der Waals surface area contributed by atoms with Gasteiger partial charge in [-0.1, -0.05) is 12.5 Å². The Morgan fingerprint density at radius 3 is 2.74 bits per heavy atom. The molecule has 0 amide bonds. The number of aliphatic imine (C=N–C) groups is 1. The van der Waals surface area contributed by atoms with Crippen LogP contribution in [0.2, 0.25) is 0 Å². The van der Waals surface area contributed by atoms with E-state index in [0.717, 1.165) is 25.8 Å². The highest BCUT2D eigenvalue weighted by molar-refractivity contribution is 7.89. The molecule has 0 saturated heterocycles. The lowest BCUT2D eigenvalue weighted by atomic mass is 9.86. The molecule has 2 rings (SSSR count). The van der Waals surface area contributed by atoms with Crippen LogP contribution in [-0.2, 0) is 16.4 Å². The molecule has 130 valence electrons. The number of sulfonamides is 1. The summed E-state index contributed by atoms with van der Waals surface area (Å²) in [6, 6.07) is 4.14. The van der Waals surface area contributed by atoms with Crippen LogP contribution in [0.1, 0.15) is 24.1 Å². The van der Waals surface area contributed by atoms with Crippen LogP contribution in [0, 0.1) is 5.92 Å². The normalized spacial score (nSPS) is 16.1. The van der Waals surface area contributed by atoms with Crippen molar-refractivity contribution in [1.29, 1.82) is 0 Å². The van der Waals surface area contributed by atoms with Gasteiger partial charge in [0.15, 0.2) is 5.96 Å². The van der Waals surface area contributed by atoms with Gasteiger partial charge in [0.05, 0.1) is 5.75 Å². The third-order valence-electron chi connectivity index (χ3n) is 3.95. The predicted molar refractivity (Wildman–Crippen MR) is 96.5 cm³/mol. The van der Waals surface area contributed by atoms with Crippen molar-refractivity contribution in [1.82, 2.24) is 15.4 Å². The minimum absolute atomic E-state index is 0.0609. The average molecular weight is 359 g/mol. The van der Waals surface area contributed by atoms with Gasteiger partial charge in [0, 0.05) is 31.6 Å². The average Bonchev–Trinajstić information content (AvgIpc) is 2.97. The number of hydrogen-bond acceptors (Lipinski definition) is 4. The second-order valence-corrected chi connectivity index (χ2v) is 8.68. The van der Waals surface area contributed by atoms with E-state index in [1.807, 2.05) is 6.07 Å². The summed E-state index contributed by atoms with van der Waals surface area (Å²) >= 11 is 1.73. The van der Waals surface area contributed by atoms with Crippen molar-refractivity contribution >= 4 is 27.3 Å². The Morgan fingerprint density at radius 1 is 1.35 bits per heavy atom. The van der Waals surface area contributed by atoms with Gasteiger partial charge in [-0.2, -0.15) is 0 Å². The SMILES string of the molecule is CN=C(NCCc1cccs1)NCCS(=O)(=O)NCC1CCC1. The van der Waals surface area contributed by atoms with Crippen LogP contribution in [-0.4, -0.2) is 46.8 Å². The maximum atomic E-state index is 11.9. The maximum Gasteiger partial charge on any atom is 0.213 e. The first-order valence-electron chi connectivity index (χ1n) is 8.03. The summed E-state index contributed by atoms with van der Waals surface area (Å²) < 4.78 is 26.5. The zero-order valence-electron chi connectivity index (χ0n) is 13.5. The second kappa shape index (κ2) is 9.24. The third kappa shape index (κ3) is 6.88. The molecule has 0 spiro atoms. The molecular formula is C15H26N4O2S2. The molecule has 0 radical (unpaired) electrons. The van der Waals surface area contributed by atoms with E-state index in [1.54, 1.807) is 18.4 Å². The molecule has 1 heterocycles. The van der Waals surface area contributed by atoms with E-state index >= 15 is 0 Å². The van der Waals surface area contributed by atoms with Gasteiger partial charge in [0.1, 0.15) is 0 Å². The van der Waals surface area contributed by atoms with E-state index in [2.05, 4.69) is 31.8 Å². The van der Waals surface area contributed by atoms with Gasteiger partial charge in [-0.3, -0.25) is 4.99 Å². The largest absolute Gasteiger partial charge is 0.356 e. The molecule has 1 aliphatic rings. The van der Waals surface area contributed by atoms with Gasteiger partial charge in [-0.15, -0.1) is 11.3 Å². The molecule has 1 aromatic rings. The summed E-state index contributed by atoms with van der Waals surface area (Å²) in [7, 11) is -1.52. The summed E-state index contributed by atoms with van der Waals surface area (Å²) in [5.41, 5.74) is 0. The highest BCUT2D eigenvalue weighted by Gasteiger charge is 2.19. The van der Waals surface area contributed by atoms with E-state index < -0.39 is 10.0 Å². The molecule has 0 aliphatic heterocycles. The fourth-order valence-corrected chi connectivity index (χ4v) is 4.01. The van der Waals surface area contributed by atoms with Gasteiger partial charge in [0.25, 0.3) is 0 Å². The van der Waals surface area contributed by atoms with Crippen LogP contribution < -0.4 is 15.4 Å². The molecule has 0 bridgehead atoms. The standard InChI is InChI=1S/C15H26N4O2S2/c1-16-15(17-8-7-14-6-3-10-22-14)18-9-11-23(20,21)19-12-13-4-2-5-13/h3,6,10,13,19H,2,4-5,7-9,11-12H2,1H3,(H2,16,17,18). The van der Waals surface area contributed by atoms with E-state index in [0.29, 0.717) is 25.0 Å². The molecular weight excluding hydrogens is 332 g/mol. The first kappa shape index (κ1) is 18.2. The Balaban J connectivity index is 1.60. The van der Waals surface area contributed by atoms with Crippen molar-refractivity contribution in [3.8, 4) is 0 Å². The molecule has 1 aromatic heterocycles. The van der Waals surface area contributed by atoms with Gasteiger partial charge in [-0.05, 0) is 36.6 Å². The lowest BCUT2D eigenvalue weighted by Crippen LogP contribution is -2.42. The Bertz CT molecular complexity index is 581. The second-order valence-electron chi connectivity index (χ2n) is 5.72. The van der Waals surface area contributed by atoms with Crippen LogP contribution in [0.15, 0.2) is 22.5 Å². The number of hydrogen-bond donors (Lipinski definition) is 3. The maximum absolute atomic E-state index is 11.9. The van der Waals surface area contributed by atoms with Crippen molar-refractivity contribution in [3.05, 3.63) is 22.4 Å². The summed E-state index contributed by atoms with van der Waals surface area (Å²) in [6.45, 7) is 1.70. The Labute approximate surface area is 142 Å². The van der Waals surface area contributed by atoms with Crippen LogP contribution in [0.25, 0.3) is 0 Å². The topological polar surface area (TPSA) is 82.6 Å². The van der Waals surface area contributed by atoms with Crippen molar-refractivity contribution in [2.45, 2.75) is 25.7 Å². The van der Waals surface area contributed by atoms with Crippen LogP contribution in [0.3, 0.4) is 0 Å². The smallest absolute Gasteiger partial charge is 0.213 e. The number of nitrogens with one attached hydrogen (secondary N) is 3. The molecule has 1 fully saturated rings. The van der Waals surface area contributed by atoms with E-state index in [9.17, 15) is 8.42 Å². The highest BCUT2D eigenvalue weighted by Crippen LogP contribution is 2.25. The third-order valence-corrected chi connectivity index (χ3v) is 6.23. The highest BCUT2D eigenvalue weighted by atomic mass is 32.2. The number of guanidine groups is 1. The molecule has 23 heavy (non-hydrogen) atoms. The number of nitrogens with zero attached hydrogens (tertiary/aromatic N) is 1. The fourth-order valence-electron chi connectivity index (χ4n) is 2.30. The van der Waals surface area contributed by atoms with Gasteiger partial charge >= 0.3 is 0 Å². The van der Waals surface area contributed by atoms with Crippen LogP contribution in [0.4, 0.5) is 0 Å². The molecule has 8 heteroatoms. The Hall–Kier alpha value is -1.12. The molecule has 6 nitrogen and oxygen atoms in total. The molecule has 1 saturated carbocycles. The molecule has 1 aliphatic carbocycles. The molecule has 0 aromatic carbocycles. The van der Waals surface area contributed by atoms with Crippen molar-refractivity contribution < 1.29 is 8.42 Å². The van der Waals surface area contributed by atoms with Crippen molar-refractivity contribution in [2.75, 3.05) is 32.4 Å². The fraction of sp³-hybridized carbons (Fsp3) is 0.667. The molecule has 0 unspecified atom stereocenters. The lowest BCUT2D eigenvalue weighted by molar-refractivity contribution is 0.316. The van der Waals surface area contributed by atoms with Crippen molar-refractivity contribution in [3.63, 3.8) is 0 Å². The summed E-state index contributed by atoms with van der Waals surface area (Å²) in [5, 5.41) is 8.30. The predicted octanol–water partition coefficient (Wildman–Crippen LogP) is 1.18. The van der Waals surface area contributed by atoms with Crippen LogP contribution >= 0.6 is 11.3 Å². The quantitative estimate of drug-likeness (QED) is 0.457. The first-order valence-corrected chi connectivity index (χ1v) is 10.6. The number of rotatable bonds is 9. The van der Waals surface area contributed by atoms with Crippen LogP contribution in [0.5, 0.6) is 0 Å². The minimum Gasteiger partial charge on any atom is -0.356 e. The zero-order chi connectivity index (χ0) is 16.5. The van der Waals surface area contributed by atoms with E-state index in [-0.39, 0.29) is 5.75 Å². The minimum atomic E-state index is -3.21. The zero-order valence-corrected chi connectivity index (χ0v) is 15.2. The monoisotopic (exact) mass is 358 g/mol. The molecule has 3 N–H and O–H groups in total. The number of thiophene rings is 1. The Morgan fingerprint density at radius 2 is 2.13 bits per heavy atom. The van der Waals surface area contributed by atoms with Gasteiger partial charge in [0.2, 0.25) is 10.0 Å². The van der Waals surface area contributed by atoms with E-state index in [4.69, 9.17) is 0 Å². The van der Waals surface area contributed by atoms with Crippen molar-refractivity contribution in [2.24, 2.45) is 10.9 Å². The first-order chi connectivity index (χ1) is 11.1. The van der Waals surface area contributed by atoms with E-state index in [1.165, 1.54) is 11.3 Å². The summed E-state index contributed by atoms with van der Waals surface area (Å²) in [6.07, 6.45) is 4.43. The Kier molecular flexibility index (Phi) is 7.32. The summed E-state index contributed by atoms with van der Waals surface area (Å²) in [5.74, 6) is 1.23. The molecule has 0 atom stereocenters. The van der Waals surface area contributed by atoms with Gasteiger partial charge < -0.3 is 10.6 Å². The summed E-state index contributed by atoms with van der Waals surface area (Å²) in [4.78, 5) is 5.42. The van der Waals surface area contributed by atoms with Gasteiger partial charge in [-0.25, -0.2) is 13.1 Å².